The van der Waals surface area contributed by atoms with E-state index in [1.54, 1.807) is 0 Å². The van der Waals surface area contributed by atoms with Crippen molar-refractivity contribution in [3.05, 3.63) is 35.9 Å². The molecule has 0 radical (unpaired) electrons. The van der Waals surface area contributed by atoms with Gasteiger partial charge in [-0.1, -0.05) is 30.3 Å². The molecule has 2 aliphatic heterocycles. The summed E-state index contributed by atoms with van der Waals surface area (Å²) in [7, 11) is 2.07. The van der Waals surface area contributed by atoms with E-state index in [-0.39, 0.29) is 12.1 Å². The molecule has 2 saturated heterocycles. The molecule has 0 amide bonds. The average molecular weight is 242 g/mol. The summed E-state index contributed by atoms with van der Waals surface area (Å²) in [6.45, 7) is 0. The van der Waals surface area contributed by atoms with Gasteiger partial charge in [0.25, 0.3) is 0 Å². The minimum absolute atomic E-state index is 0.128. The van der Waals surface area contributed by atoms with Gasteiger partial charge in [0.15, 0.2) is 0 Å². The first-order valence-corrected chi connectivity index (χ1v) is 6.53. The third-order valence-electron chi connectivity index (χ3n) is 4.74. The molecule has 94 valence electrons. The van der Waals surface area contributed by atoms with Crippen molar-refractivity contribution in [1.29, 1.82) is 5.26 Å². The first kappa shape index (κ1) is 11.7. The highest BCUT2D eigenvalue weighted by Gasteiger charge is 2.51. The van der Waals surface area contributed by atoms with E-state index in [4.69, 9.17) is 0 Å². The summed E-state index contributed by atoms with van der Waals surface area (Å²) in [5, 5.41) is 19.8. The van der Waals surface area contributed by atoms with Crippen LogP contribution in [0.25, 0.3) is 0 Å². The fourth-order valence-electron chi connectivity index (χ4n) is 3.64. The minimum Gasteiger partial charge on any atom is -0.391 e. The van der Waals surface area contributed by atoms with Gasteiger partial charge in [0, 0.05) is 12.1 Å². The van der Waals surface area contributed by atoms with E-state index in [0.717, 1.165) is 24.8 Å². The zero-order chi connectivity index (χ0) is 12.8. The predicted molar refractivity (Wildman–Crippen MR) is 68.9 cm³/mol. The van der Waals surface area contributed by atoms with Crippen molar-refractivity contribution in [3.63, 3.8) is 0 Å². The molecule has 0 saturated carbocycles. The van der Waals surface area contributed by atoms with E-state index >= 15 is 0 Å². The molecule has 1 aromatic rings. The summed E-state index contributed by atoms with van der Waals surface area (Å²) in [5.74, 6) is 0. The summed E-state index contributed by atoms with van der Waals surface area (Å²) in [6.07, 6.45) is 2.09. The Balaban J connectivity index is 1.99. The van der Waals surface area contributed by atoms with Crippen LogP contribution in [0, 0.1) is 11.3 Å². The van der Waals surface area contributed by atoms with Gasteiger partial charge in [0.2, 0.25) is 0 Å². The average Bonchev–Trinajstić information content (AvgIpc) is 2.59. The highest BCUT2D eigenvalue weighted by Crippen LogP contribution is 2.46. The fraction of sp³-hybridized carbons (Fsp3) is 0.533. The number of piperidine rings is 1. The lowest BCUT2D eigenvalue weighted by atomic mass is 9.71. The first-order valence-electron chi connectivity index (χ1n) is 6.53. The van der Waals surface area contributed by atoms with E-state index in [2.05, 4.69) is 18.0 Å². The number of rotatable bonds is 1. The quantitative estimate of drug-likeness (QED) is 0.815. The molecular formula is C15H18N2O. The molecule has 18 heavy (non-hydrogen) atoms. The van der Waals surface area contributed by atoms with E-state index in [1.807, 2.05) is 30.3 Å². The fourth-order valence-corrected chi connectivity index (χ4v) is 3.64. The van der Waals surface area contributed by atoms with Crippen molar-refractivity contribution >= 4 is 0 Å². The Morgan fingerprint density at radius 1 is 1.33 bits per heavy atom. The molecule has 2 unspecified atom stereocenters. The van der Waals surface area contributed by atoms with Gasteiger partial charge in [0.05, 0.1) is 17.6 Å². The highest BCUT2D eigenvalue weighted by molar-refractivity contribution is 5.35. The van der Waals surface area contributed by atoms with Crippen LogP contribution in [0.3, 0.4) is 0 Å². The van der Waals surface area contributed by atoms with E-state index in [0.29, 0.717) is 6.04 Å². The molecule has 1 N–H and O–H groups in total. The van der Waals surface area contributed by atoms with E-state index < -0.39 is 5.41 Å². The second kappa shape index (κ2) is 4.08. The maximum Gasteiger partial charge on any atom is 0.0853 e. The van der Waals surface area contributed by atoms with Crippen molar-refractivity contribution < 1.29 is 5.11 Å². The number of benzene rings is 1. The van der Waals surface area contributed by atoms with Gasteiger partial charge in [-0.2, -0.15) is 5.26 Å². The molecule has 0 aliphatic carbocycles. The van der Waals surface area contributed by atoms with Crippen molar-refractivity contribution in [2.75, 3.05) is 7.05 Å². The third-order valence-corrected chi connectivity index (χ3v) is 4.74. The molecule has 3 heteroatoms. The Morgan fingerprint density at radius 2 is 2.06 bits per heavy atom. The van der Waals surface area contributed by atoms with Crippen molar-refractivity contribution in [3.8, 4) is 6.07 Å². The van der Waals surface area contributed by atoms with Crippen LogP contribution >= 0.6 is 0 Å². The molecular weight excluding hydrogens is 224 g/mol. The topological polar surface area (TPSA) is 47.3 Å². The lowest BCUT2D eigenvalue weighted by Crippen LogP contribution is -2.48. The van der Waals surface area contributed by atoms with Gasteiger partial charge < -0.3 is 5.11 Å². The van der Waals surface area contributed by atoms with Crippen LogP contribution in [0.4, 0.5) is 0 Å². The maximum atomic E-state index is 10.1. The Kier molecular flexibility index (Phi) is 2.65. The summed E-state index contributed by atoms with van der Waals surface area (Å²) < 4.78 is 0. The molecule has 2 bridgehead atoms. The number of nitriles is 1. The SMILES string of the molecule is CN1[C@@H]2CC(O)[C@H]1CC(C#N)(c1ccccc1)C2. The van der Waals surface area contributed by atoms with Gasteiger partial charge in [-0.3, -0.25) is 4.90 Å². The Bertz CT molecular complexity index is 481. The van der Waals surface area contributed by atoms with Crippen molar-refractivity contribution in [1.82, 2.24) is 4.90 Å². The monoisotopic (exact) mass is 242 g/mol. The second-order valence-electron chi connectivity index (χ2n) is 5.66. The summed E-state index contributed by atoms with van der Waals surface area (Å²) in [4.78, 5) is 2.25. The predicted octanol–water partition coefficient (Wildman–Crippen LogP) is 1.68. The number of likely N-dealkylation sites (N-methyl/N-ethyl adjacent to an activating group) is 1. The number of fused-ring (bicyclic) bond motifs is 2. The molecule has 2 aliphatic rings. The minimum atomic E-state index is -0.416. The first-order chi connectivity index (χ1) is 8.66. The molecule has 2 fully saturated rings. The van der Waals surface area contributed by atoms with Crippen LogP contribution in [0.1, 0.15) is 24.8 Å². The number of hydrogen-bond donors (Lipinski definition) is 1. The molecule has 1 aromatic carbocycles. The zero-order valence-corrected chi connectivity index (χ0v) is 10.6. The Morgan fingerprint density at radius 3 is 2.67 bits per heavy atom. The van der Waals surface area contributed by atoms with E-state index in [1.165, 1.54) is 0 Å². The van der Waals surface area contributed by atoms with Gasteiger partial charge >= 0.3 is 0 Å². The van der Waals surface area contributed by atoms with Crippen LogP contribution < -0.4 is 0 Å². The Labute approximate surface area is 108 Å². The zero-order valence-electron chi connectivity index (χ0n) is 10.6. The summed E-state index contributed by atoms with van der Waals surface area (Å²) in [6, 6.07) is 13.0. The second-order valence-corrected chi connectivity index (χ2v) is 5.66. The maximum absolute atomic E-state index is 10.1. The molecule has 4 atom stereocenters. The molecule has 0 spiro atoms. The van der Waals surface area contributed by atoms with Crippen LogP contribution in [-0.4, -0.2) is 35.2 Å². The molecule has 3 nitrogen and oxygen atoms in total. The highest BCUT2D eigenvalue weighted by atomic mass is 16.3. The lowest BCUT2D eigenvalue weighted by molar-refractivity contribution is 0.0812. The van der Waals surface area contributed by atoms with Gasteiger partial charge in [-0.25, -0.2) is 0 Å². The third kappa shape index (κ3) is 1.57. The number of aliphatic hydroxyl groups excluding tert-OH is 1. The smallest absolute Gasteiger partial charge is 0.0853 e. The summed E-state index contributed by atoms with van der Waals surface area (Å²) >= 11 is 0. The van der Waals surface area contributed by atoms with E-state index in [9.17, 15) is 10.4 Å². The van der Waals surface area contributed by atoms with Gasteiger partial charge in [-0.15, -0.1) is 0 Å². The normalized spacial score (nSPS) is 39.5. The molecule has 2 heterocycles. The lowest BCUT2D eigenvalue weighted by Gasteiger charge is -2.41. The van der Waals surface area contributed by atoms with Gasteiger partial charge in [0.1, 0.15) is 0 Å². The van der Waals surface area contributed by atoms with Crippen LogP contribution in [0.2, 0.25) is 0 Å². The number of hydrogen-bond acceptors (Lipinski definition) is 3. The molecule has 0 aromatic heterocycles. The standard InChI is InChI=1S/C15H18N2O/c1-17-12-7-14(18)13(17)9-15(8-12,10-16)11-5-3-2-4-6-11/h2-6,12-14,18H,7-9H2,1H3/t12-,13-,14?,15?/m1/s1. The van der Waals surface area contributed by atoms with Crippen LogP contribution in [0.5, 0.6) is 0 Å². The van der Waals surface area contributed by atoms with Gasteiger partial charge in [-0.05, 0) is 31.9 Å². The number of aliphatic hydroxyl groups is 1. The van der Waals surface area contributed by atoms with Crippen molar-refractivity contribution in [2.24, 2.45) is 0 Å². The largest absolute Gasteiger partial charge is 0.391 e. The van der Waals surface area contributed by atoms with Crippen molar-refractivity contribution in [2.45, 2.75) is 42.9 Å². The summed E-state index contributed by atoms with van der Waals surface area (Å²) in [5.41, 5.74) is 0.685. The van der Waals surface area contributed by atoms with Crippen LogP contribution in [-0.2, 0) is 5.41 Å². The number of nitrogens with zero attached hydrogens (tertiary/aromatic N) is 2. The van der Waals surface area contributed by atoms with Crippen LogP contribution in [0.15, 0.2) is 30.3 Å². The Hall–Kier alpha value is -1.37. The molecule has 3 rings (SSSR count).